The predicted octanol–water partition coefficient (Wildman–Crippen LogP) is 4.52. The van der Waals surface area contributed by atoms with Crippen molar-refractivity contribution in [2.24, 2.45) is 0 Å². The van der Waals surface area contributed by atoms with Gasteiger partial charge in [-0.25, -0.2) is 4.98 Å². The summed E-state index contributed by atoms with van der Waals surface area (Å²) in [6.45, 7) is 5.66. The third kappa shape index (κ3) is 4.09. The second-order valence-electron chi connectivity index (χ2n) is 3.88. The fourth-order valence-corrected chi connectivity index (χ4v) is 1.69. The highest BCUT2D eigenvalue weighted by Crippen LogP contribution is 2.32. The molecule has 0 atom stereocenters. The Morgan fingerprint density at radius 1 is 1.00 bits per heavy atom. The third-order valence-electron chi connectivity index (χ3n) is 2.45. The highest BCUT2D eigenvalue weighted by molar-refractivity contribution is 5.63. The van der Waals surface area contributed by atoms with E-state index in [9.17, 15) is 13.2 Å². The Morgan fingerprint density at radius 2 is 1.68 bits per heavy atom. The number of pyridine rings is 1. The highest BCUT2D eigenvalue weighted by Gasteiger charge is 2.31. The van der Waals surface area contributed by atoms with Gasteiger partial charge in [0.25, 0.3) is 0 Å². The van der Waals surface area contributed by atoms with E-state index in [2.05, 4.69) is 4.98 Å². The fraction of sp³-hybridized carbons (Fsp3) is 0.267. The zero-order chi connectivity index (χ0) is 14.5. The maximum Gasteiger partial charge on any atom is 0.416 e. The van der Waals surface area contributed by atoms with Gasteiger partial charge in [-0.3, -0.25) is 0 Å². The topological polar surface area (TPSA) is 14.1 Å². The molecular weight excluding hydrogens is 251 g/mol. The Hall–Kier alpha value is -1.84. The molecule has 0 amide bonds. The number of aromatic nitrogens is 1. The Bertz CT molecular complexity index is 519. The second-order valence-corrected chi connectivity index (χ2v) is 3.88. The molecule has 0 aliphatic rings. The average molecular weight is 268 g/mol. The van der Waals surface area contributed by atoms with Crippen molar-refractivity contribution in [3.05, 3.63) is 53.9 Å². The van der Waals surface area contributed by atoms with E-state index in [1.165, 1.54) is 0 Å². The molecular formula is C15H17F3N+. The van der Waals surface area contributed by atoms with E-state index in [0.29, 0.717) is 11.1 Å². The molecule has 0 spiro atoms. The summed E-state index contributed by atoms with van der Waals surface area (Å²) >= 11 is 0. The number of hydrogen-bond donors (Lipinski definition) is 0. The van der Waals surface area contributed by atoms with Gasteiger partial charge in [0.2, 0.25) is 0 Å². The first kappa shape index (κ1) is 15.2. The van der Waals surface area contributed by atoms with Gasteiger partial charge < -0.3 is 0 Å². The van der Waals surface area contributed by atoms with E-state index in [1.807, 2.05) is 13.8 Å². The molecule has 0 aliphatic heterocycles. The summed E-state index contributed by atoms with van der Waals surface area (Å²) in [7, 11) is 0. The van der Waals surface area contributed by atoms with Crippen LogP contribution >= 0.6 is 0 Å². The van der Waals surface area contributed by atoms with Gasteiger partial charge in [0, 0.05) is 11.6 Å². The van der Waals surface area contributed by atoms with Gasteiger partial charge >= 0.3 is 6.18 Å². The molecule has 19 heavy (non-hydrogen) atoms. The Morgan fingerprint density at radius 3 is 2.21 bits per heavy atom. The van der Waals surface area contributed by atoms with Crippen molar-refractivity contribution in [3.63, 3.8) is 0 Å². The summed E-state index contributed by atoms with van der Waals surface area (Å²) in [5.41, 5.74) is 1.28. The first-order valence-corrected chi connectivity index (χ1v) is 6.12. The molecule has 0 saturated heterocycles. The number of halogens is 3. The Labute approximate surface area is 111 Å². The molecule has 1 aromatic heterocycles. The van der Waals surface area contributed by atoms with E-state index in [-0.39, 0.29) is 0 Å². The van der Waals surface area contributed by atoms with Gasteiger partial charge in [0.05, 0.1) is 5.56 Å². The molecule has 0 saturated carbocycles. The lowest BCUT2D eigenvalue weighted by Crippen LogP contribution is -2.06. The van der Waals surface area contributed by atoms with Gasteiger partial charge in [0.1, 0.15) is 0 Å². The van der Waals surface area contributed by atoms with Crippen LogP contribution in [0.1, 0.15) is 25.0 Å². The highest BCUT2D eigenvalue weighted by atomic mass is 19.4. The van der Waals surface area contributed by atoms with Gasteiger partial charge in [-0.1, -0.05) is 19.9 Å². The molecule has 0 radical (unpaired) electrons. The largest absolute Gasteiger partial charge is 0.416 e. The van der Waals surface area contributed by atoms with Crippen molar-refractivity contribution in [1.29, 1.82) is 0 Å². The zero-order valence-corrected chi connectivity index (χ0v) is 11.2. The number of rotatable bonds is 1. The normalized spacial score (nSPS) is 10.6. The van der Waals surface area contributed by atoms with E-state index in [1.54, 1.807) is 37.5 Å². The first-order chi connectivity index (χ1) is 8.97. The number of H-pyrrole nitrogens is 1. The quantitative estimate of drug-likeness (QED) is 0.722. The van der Waals surface area contributed by atoms with Crippen LogP contribution in [-0.4, -0.2) is 0 Å². The summed E-state index contributed by atoms with van der Waals surface area (Å²) < 4.78 is 38.0. The zero-order valence-electron chi connectivity index (χ0n) is 11.2. The minimum atomic E-state index is -4.31. The minimum Gasteiger partial charge on any atom is -0.217 e. The lowest BCUT2D eigenvalue weighted by Gasteiger charge is -2.09. The number of benzene rings is 1. The Balaban J connectivity index is 0.000000861. The van der Waals surface area contributed by atoms with Crippen LogP contribution in [-0.2, 0) is 6.18 Å². The number of alkyl halides is 3. The van der Waals surface area contributed by atoms with Gasteiger partial charge in [0.15, 0.2) is 12.4 Å². The van der Waals surface area contributed by atoms with Crippen molar-refractivity contribution in [3.8, 4) is 11.1 Å². The number of nitrogens with one attached hydrogen (secondary N) is 1. The van der Waals surface area contributed by atoms with E-state index >= 15 is 0 Å². The monoisotopic (exact) mass is 268 g/mol. The smallest absolute Gasteiger partial charge is 0.217 e. The van der Waals surface area contributed by atoms with E-state index in [0.717, 1.165) is 17.7 Å². The summed E-state index contributed by atoms with van der Waals surface area (Å²) in [4.78, 5) is 2.86. The predicted molar refractivity (Wildman–Crippen MR) is 69.5 cm³/mol. The van der Waals surface area contributed by atoms with Gasteiger partial charge in [-0.2, -0.15) is 13.2 Å². The van der Waals surface area contributed by atoms with Gasteiger partial charge in [-0.15, -0.1) is 0 Å². The molecule has 1 heterocycles. The molecule has 0 unspecified atom stereocenters. The fourth-order valence-electron chi connectivity index (χ4n) is 1.69. The van der Waals surface area contributed by atoms with Crippen LogP contribution in [0.15, 0.2) is 42.7 Å². The lowest BCUT2D eigenvalue weighted by atomic mass is 10.0. The third-order valence-corrected chi connectivity index (χ3v) is 2.45. The van der Waals surface area contributed by atoms with Crippen molar-refractivity contribution < 1.29 is 18.2 Å². The summed E-state index contributed by atoms with van der Waals surface area (Å²) in [5.74, 6) is 0. The number of hydrogen-bond acceptors (Lipinski definition) is 0. The first-order valence-electron chi connectivity index (χ1n) is 6.12. The molecule has 1 nitrogen and oxygen atoms in total. The standard InChI is InChI=1S/C13H10F3N.C2H6/c1-9-5-11(10-3-2-4-17-8-10)7-12(6-9)13(14,15)16;1-2/h2-8H,1H3;1-2H3/p+1. The van der Waals surface area contributed by atoms with Crippen LogP contribution in [0.5, 0.6) is 0 Å². The maximum absolute atomic E-state index is 12.7. The van der Waals surface area contributed by atoms with Crippen molar-refractivity contribution in [1.82, 2.24) is 0 Å². The van der Waals surface area contributed by atoms with E-state index in [4.69, 9.17) is 0 Å². The van der Waals surface area contributed by atoms with Crippen LogP contribution in [0.3, 0.4) is 0 Å². The molecule has 0 aliphatic carbocycles. The SMILES string of the molecule is CC.Cc1cc(-c2ccc[nH+]c2)cc(C(F)(F)F)c1. The maximum atomic E-state index is 12.7. The summed E-state index contributed by atoms with van der Waals surface area (Å²) in [5, 5.41) is 0. The molecule has 102 valence electrons. The van der Waals surface area contributed by atoms with Crippen molar-refractivity contribution in [2.45, 2.75) is 26.9 Å². The minimum absolute atomic E-state index is 0.564. The molecule has 2 aromatic rings. The average Bonchev–Trinajstić information content (AvgIpc) is 2.40. The molecule has 4 heteroatoms. The van der Waals surface area contributed by atoms with Crippen LogP contribution < -0.4 is 4.98 Å². The van der Waals surface area contributed by atoms with Crippen molar-refractivity contribution >= 4 is 0 Å². The molecule has 1 N–H and O–H groups in total. The number of aryl methyl sites for hydroxylation is 1. The Kier molecular flexibility index (Phi) is 5.10. The van der Waals surface area contributed by atoms with E-state index < -0.39 is 11.7 Å². The second kappa shape index (κ2) is 6.36. The summed E-state index contributed by atoms with van der Waals surface area (Å²) in [6.07, 6.45) is -0.918. The van der Waals surface area contributed by atoms with Crippen LogP contribution in [0.4, 0.5) is 13.2 Å². The molecule has 0 bridgehead atoms. The van der Waals surface area contributed by atoms with Crippen LogP contribution in [0, 0.1) is 6.92 Å². The lowest BCUT2D eigenvalue weighted by molar-refractivity contribution is -0.377. The summed E-state index contributed by atoms with van der Waals surface area (Å²) in [6, 6.07) is 7.57. The molecule has 2 rings (SSSR count). The van der Waals surface area contributed by atoms with Crippen LogP contribution in [0.2, 0.25) is 0 Å². The molecule has 1 aromatic carbocycles. The van der Waals surface area contributed by atoms with Crippen molar-refractivity contribution in [2.75, 3.05) is 0 Å². The van der Waals surface area contributed by atoms with Crippen LogP contribution in [0.25, 0.3) is 11.1 Å². The molecule has 0 fully saturated rings. The van der Waals surface area contributed by atoms with Gasteiger partial charge in [-0.05, 0) is 36.2 Å². The number of aromatic amines is 1.